The molecule has 1 aromatic heterocycles. The summed E-state index contributed by atoms with van der Waals surface area (Å²) in [5.41, 5.74) is 0.913. The molecule has 2 aromatic rings. The molecule has 6 nitrogen and oxygen atoms in total. The molecule has 0 bridgehead atoms. The Kier molecular flexibility index (Phi) is 5.41. The average Bonchev–Trinajstić information content (AvgIpc) is 3.39. The number of imide groups is 1. The molecule has 8 heteroatoms. The molecule has 1 atom stereocenters. The minimum Gasteiger partial charge on any atom is -0.354 e. The third-order valence-corrected chi connectivity index (χ3v) is 7.18. The summed E-state index contributed by atoms with van der Waals surface area (Å²) in [6.45, 7) is 0.261. The molecule has 1 fully saturated rings. The first-order valence-corrected chi connectivity index (χ1v) is 11.2. The van der Waals surface area contributed by atoms with Gasteiger partial charge in [0.25, 0.3) is 5.91 Å². The molecule has 1 spiro atoms. The predicted octanol–water partition coefficient (Wildman–Crippen LogP) is 2.49. The van der Waals surface area contributed by atoms with Crippen LogP contribution in [-0.2, 0) is 27.3 Å². The van der Waals surface area contributed by atoms with Crippen LogP contribution in [0.15, 0.2) is 41.8 Å². The standard InChI is InChI=1S/C20H21N3O3S2/c24-17(21-9-11-27-13-15-5-3-10-28-15)12-23-18(25)20(22-19(23)26)8-7-14-4-1-2-6-16(14)20/h1-6,10H,7-9,11-13H2,(H,21,24)(H,22,26)/t20-/m0/s1. The van der Waals surface area contributed by atoms with E-state index in [9.17, 15) is 14.4 Å². The molecular weight excluding hydrogens is 394 g/mol. The quantitative estimate of drug-likeness (QED) is 0.538. The monoisotopic (exact) mass is 415 g/mol. The Balaban J connectivity index is 1.30. The number of hydrogen-bond donors (Lipinski definition) is 2. The van der Waals surface area contributed by atoms with Gasteiger partial charge in [-0.05, 0) is 35.4 Å². The molecule has 0 unspecified atom stereocenters. The fourth-order valence-electron chi connectivity index (χ4n) is 3.76. The minimum atomic E-state index is -1.01. The zero-order chi connectivity index (χ0) is 19.6. The number of aryl methyl sites for hydroxylation is 1. The van der Waals surface area contributed by atoms with Crippen molar-refractivity contribution in [3.63, 3.8) is 0 Å². The molecule has 1 aromatic carbocycles. The number of benzene rings is 1. The maximum absolute atomic E-state index is 13.0. The van der Waals surface area contributed by atoms with E-state index in [2.05, 4.69) is 16.7 Å². The third-order valence-electron chi connectivity index (χ3n) is 5.12. The number of nitrogens with one attached hydrogen (secondary N) is 2. The Morgan fingerprint density at radius 1 is 1.25 bits per heavy atom. The molecule has 1 aliphatic carbocycles. The first kappa shape index (κ1) is 19.0. The van der Waals surface area contributed by atoms with E-state index in [0.29, 0.717) is 13.0 Å². The van der Waals surface area contributed by atoms with Crippen LogP contribution in [0.4, 0.5) is 4.79 Å². The van der Waals surface area contributed by atoms with Crippen molar-refractivity contribution in [1.29, 1.82) is 0 Å². The molecule has 28 heavy (non-hydrogen) atoms. The fraction of sp³-hybridized carbons (Fsp3) is 0.350. The lowest BCUT2D eigenvalue weighted by atomic mass is 9.92. The van der Waals surface area contributed by atoms with Gasteiger partial charge < -0.3 is 10.6 Å². The normalized spacial score (nSPS) is 20.5. The van der Waals surface area contributed by atoms with Gasteiger partial charge in [-0.25, -0.2) is 4.79 Å². The lowest BCUT2D eigenvalue weighted by Gasteiger charge is -2.22. The summed E-state index contributed by atoms with van der Waals surface area (Å²) >= 11 is 3.46. The van der Waals surface area contributed by atoms with E-state index in [0.717, 1.165) is 34.0 Å². The van der Waals surface area contributed by atoms with Crippen LogP contribution in [0.25, 0.3) is 0 Å². The van der Waals surface area contributed by atoms with Crippen molar-refractivity contribution in [1.82, 2.24) is 15.5 Å². The summed E-state index contributed by atoms with van der Waals surface area (Å²) in [5.74, 6) is 1.05. The van der Waals surface area contributed by atoms with Gasteiger partial charge in [-0.2, -0.15) is 11.8 Å². The number of amides is 4. The predicted molar refractivity (Wildman–Crippen MR) is 110 cm³/mol. The van der Waals surface area contributed by atoms with Crippen molar-refractivity contribution < 1.29 is 14.4 Å². The highest BCUT2D eigenvalue weighted by Gasteiger charge is 2.55. The number of hydrogen-bond acceptors (Lipinski definition) is 5. The van der Waals surface area contributed by atoms with E-state index in [4.69, 9.17) is 0 Å². The molecule has 4 rings (SSSR count). The van der Waals surface area contributed by atoms with Gasteiger partial charge in [0.2, 0.25) is 5.91 Å². The Morgan fingerprint density at radius 2 is 2.11 bits per heavy atom. The van der Waals surface area contributed by atoms with Crippen molar-refractivity contribution in [3.8, 4) is 0 Å². The maximum atomic E-state index is 13.0. The molecular formula is C20H21N3O3S2. The zero-order valence-corrected chi connectivity index (χ0v) is 16.9. The molecule has 0 saturated carbocycles. The number of urea groups is 1. The van der Waals surface area contributed by atoms with Crippen LogP contribution in [0, 0.1) is 0 Å². The average molecular weight is 416 g/mol. The van der Waals surface area contributed by atoms with Gasteiger partial charge in [0, 0.05) is 22.9 Å². The molecule has 2 heterocycles. The van der Waals surface area contributed by atoms with Crippen LogP contribution >= 0.6 is 23.1 Å². The lowest BCUT2D eigenvalue weighted by molar-refractivity contribution is -0.135. The van der Waals surface area contributed by atoms with Gasteiger partial charge in [0.15, 0.2) is 0 Å². The number of carbonyl (C=O) groups is 3. The lowest BCUT2D eigenvalue weighted by Crippen LogP contribution is -2.44. The smallest absolute Gasteiger partial charge is 0.325 e. The van der Waals surface area contributed by atoms with E-state index in [-0.39, 0.29) is 18.4 Å². The van der Waals surface area contributed by atoms with Gasteiger partial charge in [-0.15, -0.1) is 11.3 Å². The zero-order valence-electron chi connectivity index (χ0n) is 15.3. The highest BCUT2D eigenvalue weighted by atomic mass is 32.2. The first-order valence-electron chi connectivity index (χ1n) is 9.19. The summed E-state index contributed by atoms with van der Waals surface area (Å²) in [6, 6.07) is 11.3. The van der Waals surface area contributed by atoms with Crippen LogP contribution in [-0.4, -0.2) is 41.6 Å². The van der Waals surface area contributed by atoms with Gasteiger partial charge >= 0.3 is 6.03 Å². The molecule has 1 aliphatic heterocycles. The molecule has 0 radical (unpaired) electrons. The topological polar surface area (TPSA) is 78.5 Å². The number of thioether (sulfide) groups is 1. The molecule has 2 aliphatic rings. The highest BCUT2D eigenvalue weighted by molar-refractivity contribution is 7.98. The minimum absolute atomic E-state index is 0.246. The Bertz CT molecular complexity index is 900. The highest BCUT2D eigenvalue weighted by Crippen LogP contribution is 2.41. The molecule has 146 valence electrons. The summed E-state index contributed by atoms with van der Waals surface area (Å²) in [7, 11) is 0. The van der Waals surface area contributed by atoms with Gasteiger partial charge in [0.1, 0.15) is 12.1 Å². The second-order valence-corrected chi connectivity index (χ2v) is 9.00. The summed E-state index contributed by atoms with van der Waals surface area (Å²) in [6.07, 6.45) is 1.28. The van der Waals surface area contributed by atoms with Crippen LogP contribution in [0.3, 0.4) is 0 Å². The van der Waals surface area contributed by atoms with E-state index < -0.39 is 11.6 Å². The van der Waals surface area contributed by atoms with Gasteiger partial charge in [-0.1, -0.05) is 30.3 Å². The second-order valence-electron chi connectivity index (χ2n) is 6.87. The molecule has 4 amide bonds. The van der Waals surface area contributed by atoms with Crippen molar-refractivity contribution >= 4 is 40.9 Å². The van der Waals surface area contributed by atoms with Crippen LogP contribution in [0.5, 0.6) is 0 Å². The Hall–Kier alpha value is -2.32. The van der Waals surface area contributed by atoms with Crippen molar-refractivity contribution in [2.45, 2.75) is 24.1 Å². The first-order chi connectivity index (χ1) is 13.6. The third kappa shape index (κ3) is 3.54. The largest absolute Gasteiger partial charge is 0.354 e. The van der Waals surface area contributed by atoms with E-state index >= 15 is 0 Å². The fourth-order valence-corrected chi connectivity index (χ4v) is 5.46. The number of nitrogens with zero attached hydrogens (tertiary/aromatic N) is 1. The summed E-state index contributed by atoms with van der Waals surface area (Å²) < 4.78 is 0. The van der Waals surface area contributed by atoms with E-state index in [1.807, 2.05) is 35.7 Å². The van der Waals surface area contributed by atoms with E-state index in [1.165, 1.54) is 4.88 Å². The van der Waals surface area contributed by atoms with Gasteiger partial charge in [-0.3, -0.25) is 14.5 Å². The summed E-state index contributed by atoms with van der Waals surface area (Å²) in [4.78, 5) is 40.0. The number of carbonyl (C=O) groups excluding carboxylic acids is 3. The SMILES string of the molecule is O=C(CN1C(=O)N[C@]2(CCc3ccccc32)C1=O)NCCSCc1cccs1. The second kappa shape index (κ2) is 7.97. The van der Waals surface area contributed by atoms with Crippen molar-refractivity contribution in [3.05, 3.63) is 57.8 Å². The van der Waals surface area contributed by atoms with Crippen molar-refractivity contribution in [2.75, 3.05) is 18.8 Å². The Labute approximate surface area is 171 Å². The maximum Gasteiger partial charge on any atom is 0.325 e. The number of fused-ring (bicyclic) bond motifs is 2. The van der Waals surface area contributed by atoms with Crippen LogP contribution in [0.1, 0.15) is 22.4 Å². The summed E-state index contributed by atoms with van der Waals surface area (Å²) in [5, 5.41) is 7.68. The Morgan fingerprint density at radius 3 is 2.93 bits per heavy atom. The number of thiophene rings is 1. The van der Waals surface area contributed by atoms with Crippen LogP contribution in [0.2, 0.25) is 0 Å². The van der Waals surface area contributed by atoms with Gasteiger partial charge in [0.05, 0.1) is 0 Å². The molecule has 1 saturated heterocycles. The number of rotatable bonds is 7. The van der Waals surface area contributed by atoms with Crippen LogP contribution < -0.4 is 10.6 Å². The van der Waals surface area contributed by atoms with Crippen molar-refractivity contribution in [2.24, 2.45) is 0 Å². The molecule has 2 N–H and O–H groups in total. The van der Waals surface area contributed by atoms with E-state index in [1.54, 1.807) is 23.1 Å².